The molecule has 0 spiro atoms. The number of hydrogen-bond donors (Lipinski definition) is 2. The van der Waals surface area contributed by atoms with Crippen molar-refractivity contribution >= 4 is 23.0 Å². The van der Waals surface area contributed by atoms with Crippen LogP contribution in [0.5, 0.6) is 0 Å². The first-order chi connectivity index (χ1) is 15.3. The summed E-state index contributed by atoms with van der Waals surface area (Å²) in [5, 5.41) is 11.6. The van der Waals surface area contributed by atoms with E-state index in [1.54, 1.807) is 12.1 Å². The van der Waals surface area contributed by atoms with Crippen LogP contribution in [0.1, 0.15) is 31.4 Å². The molecule has 0 saturated heterocycles. The highest BCUT2D eigenvalue weighted by Gasteiger charge is 2.22. The number of benzene rings is 2. The molecule has 0 radical (unpaired) electrons. The molecule has 2 aromatic carbocycles. The fraction of sp³-hybridized carbons (Fsp3) is 0.0476. The molecular weight excluding hydrogens is 448 g/mol. The zero-order valence-corrected chi connectivity index (χ0v) is 16.8. The van der Waals surface area contributed by atoms with Gasteiger partial charge >= 0.3 is 0 Å². The summed E-state index contributed by atoms with van der Waals surface area (Å²) < 4.78 is 53.8. The Morgan fingerprint density at radius 3 is 2.31 bits per heavy atom. The largest absolute Gasteiger partial charge is 0.356 e. The van der Waals surface area contributed by atoms with Gasteiger partial charge in [0.1, 0.15) is 39.0 Å². The van der Waals surface area contributed by atoms with E-state index >= 15 is 0 Å². The molecule has 1 amide bonds. The normalized spacial score (nSPS) is 10.9. The Kier molecular flexibility index (Phi) is 5.82. The number of nitrogens with one attached hydrogen (secondary N) is 2. The van der Waals surface area contributed by atoms with Gasteiger partial charge in [-0.3, -0.25) is 9.59 Å². The molecule has 0 fully saturated rings. The van der Waals surface area contributed by atoms with Crippen LogP contribution >= 0.6 is 11.3 Å². The Bertz CT molecular complexity index is 1290. The third-order valence-electron chi connectivity index (χ3n) is 4.38. The summed E-state index contributed by atoms with van der Waals surface area (Å²) in [4.78, 5) is 27.3. The van der Waals surface area contributed by atoms with Crippen LogP contribution in [0.2, 0.25) is 0 Å². The molecule has 11 heteroatoms. The van der Waals surface area contributed by atoms with Crippen LogP contribution in [0.15, 0.2) is 48.7 Å². The predicted molar refractivity (Wildman–Crippen MR) is 107 cm³/mol. The molecule has 2 N–H and O–H groups in total. The average molecular weight is 460 g/mol. The molecule has 2 heterocycles. The maximum atomic E-state index is 13.8. The molecule has 0 aliphatic rings. The van der Waals surface area contributed by atoms with Crippen molar-refractivity contribution in [2.75, 3.05) is 0 Å². The summed E-state index contributed by atoms with van der Waals surface area (Å²) in [5.41, 5.74) is -0.442. The Balaban J connectivity index is 1.42. The van der Waals surface area contributed by atoms with Crippen LogP contribution in [0.4, 0.5) is 17.6 Å². The van der Waals surface area contributed by atoms with E-state index in [0.717, 1.165) is 12.3 Å². The molecule has 6 nitrogen and oxygen atoms in total. The maximum absolute atomic E-state index is 13.8. The smallest absolute Gasteiger partial charge is 0.268 e. The number of halogens is 4. The highest BCUT2D eigenvalue weighted by atomic mass is 32.1. The lowest BCUT2D eigenvalue weighted by atomic mass is 10.0. The van der Waals surface area contributed by atoms with Gasteiger partial charge in [0.2, 0.25) is 0 Å². The minimum absolute atomic E-state index is 0.0282. The Morgan fingerprint density at radius 1 is 0.938 bits per heavy atom. The number of rotatable bonds is 6. The average Bonchev–Trinajstić information content (AvgIpc) is 3.42. The predicted octanol–water partition coefficient (Wildman–Crippen LogP) is 4.25. The topological polar surface area (TPSA) is 87.7 Å². The van der Waals surface area contributed by atoms with Crippen LogP contribution in [0, 0.1) is 23.3 Å². The number of aromatic nitrogens is 3. The van der Waals surface area contributed by atoms with Crippen molar-refractivity contribution in [2.45, 2.75) is 6.54 Å². The molecule has 0 aliphatic carbocycles. The Labute approximate surface area is 181 Å². The molecule has 2 aromatic heterocycles. The summed E-state index contributed by atoms with van der Waals surface area (Å²) in [6, 6.07) is 7.64. The lowest BCUT2D eigenvalue weighted by Gasteiger charge is -2.03. The van der Waals surface area contributed by atoms with Crippen LogP contribution in [0.3, 0.4) is 0 Å². The van der Waals surface area contributed by atoms with Crippen molar-refractivity contribution in [3.63, 3.8) is 0 Å². The zero-order valence-electron chi connectivity index (χ0n) is 16.0. The number of nitrogens with zero attached hydrogens (tertiary/aromatic N) is 2. The third kappa shape index (κ3) is 4.42. The van der Waals surface area contributed by atoms with E-state index in [0.29, 0.717) is 27.7 Å². The summed E-state index contributed by atoms with van der Waals surface area (Å²) in [7, 11) is 0. The van der Waals surface area contributed by atoms with Gasteiger partial charge < -0.3 is 10.3 Å². The second-order valence-electron chi connectivity index (χ2n) is 6.57. The third-order valence-corrected chi connectivity index (χ3v) is 5.35. The second-order valence-corrected chi connectivity index (χ2v) is 7.63. The van der Waals surface area contributed by atoms with E-state index in [4.69, 9.17) is 0 Å². The van der Waals surface area contributed by atoms with Crippen molar-refractivity contribution in [1.29, 1.82) is 0 Å². The minimum Gasteiger partial charge on any atom is -0.356 e. The van der Waals surface area contributed by atoms with E-state index in [9.17, 15) is 27.2 Å². The fourth-order valence-electron chi connectivity index (χ4n) is 2.85. The van der Waals surface area contributed by atoms with Gasteiger partial charge in [0, 0.05) is 29.5 Å². The van der Waals surface area contributed by atoms with Gasteiger partial charge in [0.25, 0.3) is 5.91 Å². The van der Waals surface area contributed by atoms with Gasteiger partial charge in [-0.1, -0.05) is 11.3 Å². The molecule has 0 unspecified atom stereocenters. The number of aromatic amines is 1. The summed E-state index contributed by atoms with van der Waals surface area (Å²) >= 11 is 1.20. The lowest BCUT2D eigenvalue weighted by molar-refractivity contribution is 0.0946. The van der Waals surface area contributed by atoms with E-state index in [1.165, 1.54) is 23.5 Å². The van der Waals surface area contributed by atoms with E-state index in [1.807, 2.05) is 0 Å². The van der Waals surface area contributed by atoms with Crippen molar-refractivity contribution in [1.82, 2.24) is 20.5 Å². The number of carbonyl (C=O) groups is 2. The molecule has 4 rings (SSSR count). The van der Waals surface area contributed by atoms with Gasteiger partial charge in [-0.05, 0) is 30.3 Å². The number of ketones is 1. The van der Waals surface area contributed by atoms with Crippen molar-refractivity contribution in [2.24, 2.45) is 0 Å². The summed E-state index contributed by atoms with van der Waals surface area (Å²) in [5.74, 6) is -5.84. The molecular formula is C21H12F4N4O2S. The van der Waals surface area contributed by atoms with Gasteiger partial charge in [-0.2, -0.15) is 0 Å². The number of carbonyl (C=O) groups excluding carboxylic acids is 2. The SMILES string of the molecule is O=C(NCc1nnc(-c2ccc(F)cc2)s1)c1cc(C(=O)c2c(F)cc(F)cc2F)c[nH]1. The van der Waals surface area contributed by atoms with Crippen LogP contribution in [0.25, 0.3) is 10.6 Å². The molecule has 0 aliphatic heterocycles. The van der Waals surface area contributed by atoms with E-state index in [2.05, 4.69) is 20.5 Å². The fourth-order valence-corrected chi connectivity index (χ4v) is 3.63. The first kappa shape index (κ1) is 21.4. The van der Waals surface area contributed by atoms with Gasteiger partial charge in [-0.15, -0.1) is 10.2 Å². The minimum atomic E-state index is -1.34. The van der Waals surface area contributed by atoms with E-state index < -0.39 is 34.7 Å². The van der Waals surface area contributed by atoms with Gasteiger partial charge in [0.05, 0.1) is 12.1 Å². The number of H-pyrrole nitrogens is 1. The van der Waals surface area contributed by atoms with Crippen molar-refractivity contribution < 1.29 is 27.2 Å². The zero-order chi connectivity index (χ0) is 22.8. The summed E-state index contributed by atoms with van der Waals surface area (Å²) in [6.45, 7) is 0.0290. The molecule has 0 bridgehead atoms. The first-order valence-corrected chi connectivity index (χ1v) is 9.87. The molecule has 0 saturated carbocycles. The monoisotopic (exact) mass is 460 g/mol. The van der Waals surface area contributed by atoms with Crippen LogP contribution in [-0.4, -0.2) is 26.9 Å². The van der Waals surface area contributed by atoms with Crippen LogP contribution < -0.4 is 5.32 Å². The molecule has 32 heavy (non-hydrogen) atoms. The second kappa shape index (κ2) is 8.71. The van der Waals surface area contributed by atoms with Gasteiger partial charge in [0.15, 0.2) is 5.78 Å². The Hall–Kier alpha value is -3.86. The van der Waals surface area contributed by atoms with Gasteiger partial charge in [-0.25, -0.2) is 17.6 Å². The molecule has 0 atom stereocenters. The standard InChI is InChI=1S/C21H12F4N4O2S/c22-12-3-1-10(2-4-12)21-29-28-17(32-21)9-27-20(31)16-5-11(8-26-16)19(30)18-14(24)6-13(23)7-15(18)25/h1-8,26H,9H2,(H,27,31). The van der Waals surface area contributed by atoms with Crippen molar-refractivity contribution in [3.05, 3.63) is 93.8 Å². The van der Waals surface area contributed by atoms with Crippen molar-refractivity contribution in [3.8, 4) is 10.6 Å². The summed E-state index contributed by atoms with van der Waals surface area (Å²) in [6.07, 6.45) is 1.12. The first-order valence-electron chi connectivity index (χ1n) is 9.06. The highest BCUT2D eigenvalue weighted by molar-refractivity contribution is 7.14. The quantitative estimate of drug-likeness (QED) is 0.333. The van der Waals surface area contributed by atoms with E-state index in [-0.39, 0.29) is 23.6 Å². The number of amides is 1. The Morgan fingerprint density at radius 2 is 1.62 bits per heavy atom. The highest BCUT2D eigenvalue weighted by Crippen LogP contribution is 2.24. The number of hydrogen-bond acceptors (Lipinski definition) is 5. The lowest BCUT2D eigenvalue weighted by Crippen LogP contribution is -2.23. The maximum Gasteiger partial charge on any atom is 0.268 e. The molecule has 162 valence electrons. The van der Waals surface area contributed by atoms with Crippen LogP contribution in [-0.2, 0) is 6.54 Å². The molecule has 4 aromatic rings.